The molecule has 2 unspecified atom stereocenters. The Hall–Kier alpha value is -1.28. The zero-order valence-corrected chi connectivity index (χ0v) is 11.1. The van der Waals surface area contributed by atoms with Crippen molar-refractivity contribution in [1.29, 1.82) is 0 Å². The second-order valence-electron chi connectivity index (χ2n) is 4.15. The zero-order chi connectivity index (χ0) is 13.5. The van der Waals surface area contributed by atoms with Crippen LogP contribution in [0, 0.1) is 6.20 Å². The average molecular weight is 268 g/mol. The molecule has 1 aromatic rings. The van der Waals surface area contributed by atoms with Crippen LogP contribution in [-0.2, 0) is 18.9 Å². The lowest BCUT2D eigenvalue weighted by Gasteiger charge is -2.18. The first-order valence-corrected chi connectivity index (χ1v) is 6.01. The van der Waals surface area contributed by atoms with Crippen molar-refractivity contribution in [2.45, 2.75) is 12.2 Å². The van der Waals surface area contributed by atoms with E-state index in [-0.39, 0.29) is 25.8 Å². The van der Waals surface area contributed by atoms with Gasteiger partial charge in [-0.3, -0.25) is 0 Å². The van der Waals surface area contributed by atoms with Gasteiger partial charge >= 0.3 is 0 Å². The standard InChI is InChI=1S/C12H18N3O4/c1-16-8-18-10-6-15(7-11(10)19-9-17-2)12-4-3-5-13-14-12/h3-4,10-11H,6-9H2,1-2H3. The normalized spacial score (nSPS) is 22.9. The molecule has 0 amide bonds. The van der Waals surface area contributed by atoms with Gasteiger partial charge in [0, 0.05) is 27.3 Å². The van der Waals surface area contributed by atoms with Gasteiger partial charge < -0.3 is 23.8 Å². The molecular weight excluding hydrogens is 250 g/mol. The summed E-state index contributed by atoms with van der Waals surface area (Å²) in [5, 5.41) is 7.79. The summed E-state index contributed by atoms with van der Waals surface area (Å²) in [7, 11) is 3.19. The van der Waals surface area contributed by atoms with E-state index in [2.05, 4.69) is 21.3 Å². The van der Waals surface area contributed by atoms with Gasteiger partial charge in [-0.1, -0.05) is 0 Å². The van der Waals surface area contributed by atoms with Gasteiger partial charge in [0.25, 0.3) is 0 Å². The largest absolute Gasteiger partial charge is 0.359 e. The number of nitrogens with zero attached hydrogens (tertiary/aromatic N) is 3. The Labute approximate surface area is 112 Å². The fraction of sp³-hybridized carbons (Fsp3) is 0.667. The van der Waals surface area contributed by atoms with Crippen LogP contribution >= 0.6 is 0 Å². The summed E-state index contributed by atoms with van der Waals surface area (Å²) in [6, 6.07) is 3.59. The van der Waals surface area contributed by atoms with Crippen molar-refractivity contribution in [2.75, 3.05) is 45.8 Å². The molecule has 1 radical (unpaired) electrons. The molecule has 0 saturated carbocycles. The highest BCUT2D eigenvalue weighted by atomic mass is 16.7. The number of hydrogen-bond acceptors (Lipinski definition) is 7. The van der Waals surface area contributed by atoms with Gasteiger partial charge in [0.2, 0.25) is 0 Å². The minimum Gasteiger partial charge on any atom is -0.359 e. The summed E-state index contributed by atoms with van der Waals surface area (Å²) in [6.07, 6.45) is 2.49. The zero-order valence-electron chi connectivity index (χ0n) is 11.1. The maximum absolute atomic E-state index is 5.61. The second kappa shape index (κ2) is 7.34. The van der Waals surface area contributed by atoms with E-state index in [0.29, 0.717) is 13.1 Å². The lowest BCUT2D eigenvalue weighted by atomic mass is 10.2. The highest BCUT2D eigenvalue weighted by Crippen LogP contribution is 2.21. The molecule has 0 aromatic carbocycles. The molecule has 2 rings (SSSR count). The van der Waals surface area contributed by atoms with Crippen LogP contribution in [0.2, 0.25) is 0 Å². The monoisotopic (exact) mass is 268 g/mol. The van der Waals surface area contributed by atoms with Gasteiger partial charge in [0.15, 0.2) is 5.82 Å². The van der Waals surface area contributed by atoms with Gasteiger partial charge in [-0.05, 0) is 12.1 Å². The van der Waals surface area contributed by atoms with E-state index >= 15 is 0 Å². The van der Waals surface area contributed by atoms with Crippen LogP contribution in [0.4, 0.5) is 5.82 Å². The van der Waals surface area contributed by atoms with Crippen LogP contribution in [0.5, 0.6) is 0 Å². The van der Waals surface area contributed by atoms with Crippen LogP contribution in [-0.4, -0.2) is 63.3 Å². The summed E-state index contributed by atoms with van der Waals surface area (Å²) in [5.41, 5.74) is 0. The maximum Gasteiger partial charge on any atom is 0.151 e. The Bertz CT molecular complexity index is 349. The molecule has 1 aromatic heterocycles. The highest BCUT2D eigenvalue weighted by molar-refractivity contribution is 5.38. The van der Waals surface area contributed by atoms with Crippen molar-refractivity contribution >= 4 is 5.82 Å². The fourth-order valence-corrected chi connectivity index (χ4v) is 1.99. The molecule has 1 aliphatic rings. The summed E-state index contributed by atoms with van der Waals surface area (Å²) >= 11 is 0. The molecule has 19 heavy (non-hydrogen) atoms. The lowest BCUT2D eigenvalue weighted by molar-refractivity contribution is -0.139. The van der Waals surface area contributed by atoms with Crippen LogP contribution < -0.4 is 4.90 Å². The fourth-order valence-electron chi connectivity index (χ4n) is 1.99. The Morgan fingerprint density at radius 3 is 2.32 bits per heavy atom. The third-order valence-corrected chi connectivity index (χ3v) is 2.86. The van der Waals surface area contributed by atoms with Crippen molar-refractivity contribution in [3.8, 4) is 0 Å². The van der Waals surface area contributed by atoms with E-state index in [1.165, 1.54) is 0 Å². The van der Waals surface area contributed by atoms with E-state index in [0.717, 1.165) is 5.82 Å². The predicted octanol–water partition coefficient (Wildman–Crippen LogP) is 0.0750. The third kappa shape index (κ3) is 3.84. The maximum atomic E-state index is 5.61. The molecule has 0 aliphatic carbocycles. The van der Waals surface area contributed by atoms with E-state index in [9.17, 15) is 0 Å². The van der Waals surface area contributed by atoms with Crippen LogP contribution in [0.1, 0.15) is 0 Å². The molecule has 1 fully saturated rings. The molecule has 1 aliphatic heterocycles. The lowest BCUT2D eigenvalue weighted by Crippen LogP contribution is -2.31. The summed E-state index contributed by atoms with van der Waals surface area (Å²) in [4.78, 5) is 2.06. The van der Waals surface area contributed by atoms with E-state index in [1.807, 2.05) is 6.07 Å². The highest BCUT2D eigenvalue weighted by Gasteiger charge is 2.35. The number of aromatic nitrogens is 2. The summed E-state index contributed by atoms with van der Waals surface area (Å²) in [5.74, 6) is 0.785. The van der Waals surface area contributed by atoms with Gasteiger partial charge in [0.05, 0.1) is 0 Å². The number of rotatable bonds is 7. The van der Waals surface area contributed by atoms with Gasteiger partial charge in [-0.2, -0.15) is 0 Å². The molecule has 2 heterocycles. The van der Waals surface area contributed by atoms with Crippen molar-refractivity contribution in [3.63, 3.8) is 0 Å². The number of anilines is 1. The smallest absolute Gasteiger partial charge is 0.151 e. The molecule has 0 spiro atoms. The topological polar surface area (TPSA) is 65.9 Å². The van der Waals surface area contributed by atoms with Crippen molar-refractivity contribution in [1.82, 2.24) is 10.2 Å². The Balaban J connectivity index is 1.97. The summed E-state index contributed by atoms with van der Waals surface area (Å²) in [6.45, 7) is 1.83. The molecule has 0 N–H and O–H groups in total. The SMILES string of the molecule is COCOC1CN(c2cc[c]nn2)CC1OCOC. The van der Waals surface area contributed by atoms with E-state index in [1.54, 1.807) is 20.3 Å². The van der Waals surface area contributed by atoms with Crippen molar-refractivity contribution in [2.24, 2.45) is 0 Å². The Morgan fingerprint density at radius 1 is 1.21 bits per heavy atom. The van der Waals surface area contributed by atoms with Gasteiger partial charge in [0.1, 0.15) is 32.0 Å². The molecule has 7 nitrogen and oxygen atoms in total. The van der Waals surface area contributed by atoms with Crippen LogP contribution in [0.25, 0.3) is 0 Å². The number of hydrogen-bond donors (Lipinski definition) is 0. The van der Waals surface area contributed by atoms with E-state index < -0.39 is 0 Å². The first-order chi connectivity index (χ1) is 9.35. The van der Waals surface area contributed by atoms with Crippen molar-refractivity contribution in [3.05, 3.63) is 18.3 Å². The molecule has 2 atom stereocenters. The molecule has 1 saturated heterocycles. The molecule has 7 heteroatoms. The minimum absolute atomic E-state index is 0.0823. The first-order valence-electron chi connectivity index (χ1n) is 6.01. The van der Waals surface area contributed by atoms with Crippen LogP contribution in [0.3, 0.4) is 0 Å². The quantitative estimate of drug-likeness (QED) is 0.648. The number of methoxy groups -OCH3 is 2. The minimum atomic E-state index is -0.0823. The molecule has 0 bridgehead atoms. The third-order valence-electron chi connectivity index (χ3n) is 2.86. The Kier molecular flexibility index (Phi) is 5.46. The Morgan fingerprint density at radius 2 is 1.84 bits per heavy atom. The van der Waals surface area contributed by atoms with Gasteiger partial charge in [-0.15, -0.1) is 10.2 Å². The molecule has 105 valence electrons. The van der Waals surface area contributed by atoms with Gasteiger partial charge in [-0.25, -0.2) is 0 Å². The van der Waals surface area contributed by atoms with Crippen LogP contribution in [0.15, 0.2) is 12.1 Å². The average Bonchev–Trinajstić information content (AvgIpc) is 2.87. The van der Waals surface area contributed by atoms with E-state index in [4.69, 9.17) is 18.9 Å². The van der Waals surface area contributed by atoms with Crippen molar-refractivity contribution < 1.29 is 18.9 Å². The molecular formula is C12H18N3O4. The predicted molar refractivity (Wildman–Crippen MR) is 66.6 cm³/mol. The summed E-state index contributed by atoms with van der Waals surface area (Å²) < 4.78 is 21.1. The first kappa shape index (κ1) is 14.1. The number of ether oxygens (including phenoxy) is 4. The second-order valence-corrected chi connectivity index (χ2v) is 4.15.